The van der Waals surface area contributed by atoms with Crippen LogP contribution in [0.4, 0.5) is 0 Å². The van der Waals surface area contributed by atoms with Crippen LogP contribution >= 0.6 is 0 Å². The number of rotatable bonds is 6. The molecule has 2 rings (SSSR count). The molecule has 0 fully saturated rings. The van der Waals surface area contributed by atoms with Gasteiger partial charge in [0.2, 0.25) is 0 Å². The van der Waals surface area contributed by atoms with E-state index in [0.29, 0.717) is 13.2 Å². The summed E-state index contributed by atoms with van der Waals surface area (Å²) in [7, 11) is 0. The number of carbonyl (C=O) groups excluding carboxylic acids is 1. The maximum absolute atomic E-state index is 11.3. The summed E-state index contributed by atoms with van der Waals surface area (Å²) in [5.41, 5.74) is 8.25. The highest BCUT2D eigenvalue weighted by molar-refractivity contribution is 5.70. The molecule has 0 aliphatic heterocycles. The van der Waals surface area contributed by atoms with Gasteiger partial charge < -0.3 is 19.9 Å². The lowest BCUT2D eigenvalue weighted by molar-refractivity contribution is -0.150. The predicted molar refractivity (Wildman–Crippen MR) is 74.6 cm³/mol. The Morgan fingerprint density at radius 2 is 2.15 bits per heavy atom. The molecule has 20 heavy (non-hydrogen) atoms. The Labute approximate surface area is 119 Å². The van der Waals surface area contributed by atoms with E-state index in [1.165, 1.54) is 0 Å². The van der Waals surface area contributed by atoms with Gasteiger partial charge in [-0.1, -0.05) is 6.07 Å². The lowest BCUT2D eigenvalue weighted by Crippen LogP contribution is -2.28. The molecule has 1 aromatic rings. The molecule has 0 amide bonds. The van der Waals surface area contributed by atoms with Gasteiger partial charge in [-0.05, 0) is 43.5 Å². The van der Waals surface area contributed by atoms with Crippen LogP contribution in [0.25, 0.3) is 0 Å². The quantitative estimate of drug-likeness (QED) is 0.801. The lowest BCUT2D eigenvalue weighted by Gasteiger charge is -2.17. The Morgan fingerprint density at radius 1 is 1.35 bits per heavy atom. The van der Waals surface area contributed by atoms with Crippen molar-refractivity contribution in [2.75, 3.05) is 19.8 Å². The van der Waals surface area contributed by atoms with Gasteiger partial charge in [0.25, 0.3) is 0 Å². The first-order valence-electron chi connectivity index (χ1n) is 6.94. The van der Waals surface area contributed by atoms with Gasteiger partial charge in [-0.3, -0.25) is 0 Å². The molecule has 0 saturated heterocycles. The fraction of sp³-hybridized carbons (Fsp3) is 0.533. The third-order valence-corrected chi connectivity index (χ3v) is 3.26. The summed E-state index contributed by atoms with van der Waals surface area (Å²) in [6.07, 6.45) is 0.467. The van der Waals surface area contributed by atoms with Crippen LogP contribution in [0.1, 0.15) is 31.1 Å². The van der Waals surface area contributed by atoms with Crippen LogP contribution in [0.5, 0.6) is 5.75 Å². The highest BCUT2D eigenvalue weighted by Crippen LogP contribution is 2.35. The molecule has 2 unspecified atom stereocenters. The number of hydrogen-bond donors (Lipinski definition) is 1. The van der Waals surface area contributed by atoms with Crippen LogP contribution in [0.2, 0.25) is 0 Å². The molecule has 0 heterocycles. The maximum atomic E-state index is 11.3. The van der Waals surface area contributed by atoms with Gasteiger partial charge in [0, 0.05) is 6.04 Å². The first kappa shape index (κ1) is 14.8. The standard InChI is InChI=1S/C15H21NO4/c1-3-18-11-5-6-12-10(7-11)8-13(16)15(12)20-9-14(17)19-4-2/h5-7,13,15H,3-4,8-9,16H2,1-2H3. The summed E-state index contributed by atoms with van der Waals surface area (Å²) >= 11 is 0. The van der Waals surface area contributed by atoms with Crippen molar-refractivity contribution in [2.45, 2.75) is 32.4 Å². The fourth-order valence-corrected chi connectivity index (χ4v) is 2.46. The van der Waals surface area contributed by atoms with Crippen molar-refractivity contribution in [1.29, 1.82) is 0 Å². The van der Waals surface area contributed by atoms with Crippen molar-refractivity contribution in [3.8, 4) is 5.75 Å². The molecule has 2 atom stereocenters. The third kappa shape index (κ3) is 3.29. The number of benzene rings is 1. The van der Waals surface area contributed by atoms with Crippen molar-refractivity contribution in [1.82, 2.24) is 0 Å². The number of nitrogens with two attached hydrogens (primary N) is 1. The minimum absolute atomic E-state index is 0.0706. The number of esters is 1. The van der Waals surface area contributed by atoms with Crippen molar-refractivity contribution >= 4 is 5.97 Å². The first-order valence-corrected chi connectivity index (χ1v) is 6.94. The van der Waals surface area contributed by atoms with E-state index in [9.17, 15) is 4.79 Å². The van der Waals surface area contributed by atoms with Gasteiger partial charge in [-0.25, -0.2) is 4.79 Å². The minimum atomic E-state index is -0.362. The zero-order valence-electron chi connectivity index (χ0n) is 11.9. The molecule has 1 aromatic carbocycles. The van der Waals surface area contributed by atoms with Crippen LogP contribution in [0.15, 0.2) is 18.2 Å². The Bertz CT molecular complexity index is 475. The normalized spacial score (nSPS) is 20.6. The van der Waals surface area contributed by atoms with E-state index in [-0.39, 0.29) is 24.7 Å². The molecule has 2 N–H and O–H groups in total. The Kier molecular flexibility index (Phi) is 4.98. The van der Waals surface area contributed by atoms with Gasteiger partial charge in [0.05, 0.1) is 19.3 Å². The van der Waals surface area contributed by atoms with Crippen LogP contribution in [-0.4, -0.2) is 31.8 Å². The number of carbonyl (C=O) groups is 1. The zero-order valence-corrected chi connectivity index (χ0v) is 11.9. The van der Waals surface area contributed by atoms with E-state index in [0.717, 1.165) is 23.3 Å². The molecule has 0 radical (unpaired) electrons. The van der Waals surface area contributed by atoms with Gasteiger partial charge >= 0.3 is 5.97 Å². The maximum Gasteiger partial charge on any atom is 0.332 e. The second-order valence-electron chi connectivity index (χ2n) is 4.70. The molecular weight excluding hydrogens is 258 g/mol. The minimum Gasteiger partial charge on any atom is -0.494 e. The van der Waals surface area contributed by atoms with E-state index in [2.05, 4.69) is 0 Å². The smallest absolute Gasteiger partial charge is 0.332 e. The number of hydrogen-bond acceptors (Lipinski definition) is 5. The lowest BCUT2D eigenvalue weighted by atomic mass is 10.1. The van der Waals surface area contributed by atoms with Crippen LogP contribution in [0.3, 0.4) is 0 Å². The van der Waals surface area contributed by atoms with E-state index >= 15 is 0 Å². The van der Waals surface area contributed by atoms with Gasteiger partial charge in [-0.2, -0.15) is 0 Å². The Hall–Kier alpha value is -1.59. The zero-order chi connectivity index (χ0) is 14.5. The summed E-state index contributed by atoms with van der Waals surface area (Å²) in [4.78, 5) is 11.3. The largest absolute Gasteiger partial charge is 0.494 e. The second-order valence-corrected chi connectivity index (χ2v) is 4.70. The molecule has 5 nitrogen and oxygen atoms in total. The molecule has 1 aliphatic rings. The molecule has 0 saturated carbocycles. The molecule has 110 valence electrons. The third-order valence-electron chi connectivity index (χ3n) is 3.26. The monoisotopic (exact) mass is 279 g/mol. The van der Waals surface area contributed by atoms with Crippen molar-refractivity contribution in [3.63, 3.8) is 0 Å². The Balaban J connectivity index is 2.04. The summed E-state index contributed by atoms with van der Waals surface area (Å²) in [5, 5.41) is 0. The van der Waals surface area contributed by atoms with Crippen LogP contribution in [0, 0.1) is 0 Å². The summed E-state index contributed by atoms with van der Waals surface area (Å²) in [5.74, 6) is 0.476. The summed E-state index contributed by atoms with van der Waals surface area (Å²) in [6.45, 7) is 4.63. The number of ether oxygens (including phenoxy) is 3. The van der Waals surface area contributed by atoms with Crippen LogP contribution in [-0.2, 0) is 20.7 Å². The molecule has 0 bridgehead atoms. The average Bonchev–Trinajstić information content (AvgIpc) is 2.72. The van der Waals surface area contributed by atoms with Gasteiger partial charge in [-0.15, -0.1) is 0 Å². The Morgan fingerprint density at radius 3 is 2.85 bits per heavy atom. The molecule has 0 aromatic heterocycles. The van der Waals surface area contributed by atoms with Crippen molar-refractivity contribution in [2.24, 2.45) is 5.73 Å². The van der Waals surface area contributed by atoms with E-state index in [1.54, 1.807) is 6.92 Å². The summed E-state index contributed by atoms with van der Waals surface area (Å²) < 4.78 is 15.9. The highest BCUT2D eigenvalue weighted by Gasteiger charge is 2.31. The highest BCUT2D eigenvalue weighted by atomic mass is 16.6. The first-order chi connectivity index (χ1) is 9.65. The van der Waals surface area contributed by atoms with E-state index < -0.39 is 0 Å². The van der Waals surface area contributed by atoms with Crippen molar-refractivity contribution < 1.29 is 19.0 Å². The van der Waals surface area contributed by atoms with Crippen molar-refractivity contribution in [3.05, 3.63) is 29.3 Å². The molecule has 0 spiro atoms. The second kappa shape index (κ2) is 6.72. The average molecular weight is 279 g/mol. The van der Waals surface area contributed by atoms with Gasteiger partial charge in [0.1, 0.15) is 12.4 Å². The van der Waals surface area contributed by atoms with E-state index in [4.69, 9.17) is 19.9 Å². The predicted octanol–water partition coefficient (Wildman–Crippen LogP) is 1.59. The fourth-order valence-electron chi connectivity index (χ4n) is 2.46. The molecular formula is C15H21NO4. The summed E-state index contributed by atoms with van der Waals surface area (Å²) in [6, 6.07) is 5.72. The van der Waals surface area contributed by atoms with Crippen LogP contribution < -0.4 is 10.5 Å². The SMILES string of the molecule is CCOC(=O)COC1c2ccc(OCC)cc2CC1N. The van der Waals surface area contributed by atoms with Gasteiger partial charge in [0.15, 0.2) is 0 Å². The number of fused-ring (bicyclic) bond motifs is 1. The van der Waals surface area contributed by atoms with E-state index in [1.807, 2.05) is 25.1 Å². The molecule has 1 aliphatic carbocycles. The molecule has 5 heteroatoms. The topological polar surface area (TPSA) is 70.8 Å².